The predicted octanol–water partition coefficient (Wildman–Crippen LogP) is 3.54. The van der Waals surface area contributed by atoms with Crippen LogP contribution in [0.25, 0.3) is 0 Å². The number of piperazine rings is 1. The summed E-state index contributed by atoms with van der Waals surface area (Å²) in [4.78, 5) is 18.6. The average molecular weight is 362 g/mol. The SMILES string of the molecule is CCC(c1ccc(F)cc1F)N1CCN(c2ccc([N+](=O)[O-])cn2)CC1. The van der Waals surface area contributed by atoms with Crippen molar-refractivity contribution < 1.29 is 13.7 Å². The third-order valence-electron chi connectivity index (χ3n) is 4.73. The maximum Gasteiger partial charge on any atom is 0.287 e. The molecule has 0 N–H and O–H groups in total. The highest BCUT2D eigenvalue weighted by atomic mass is 19.1. The molecule has 1 saturated heterocycles. The number of nitro groups is 1. The zero-order valence-corrected chi connectivity index (χ0v) is 14.4. The first-order chi connectivity index (χ1) is 12.5. The molecule has 0 aliphatic carbocycles. The summed E-state index contributed by atoms with van der Waals surface area (Å²) in [6.07, 6.45) is 1.97. The lowest BCUT2D eigenvalue weighted by Crippen LogP contribution is -2.48. The molecule has 1 atom stereocenters. The molecule has 1 aliphatic heterocycles. The van der Waals surface area contributed by atoms with Crippen LogP contribution in [0, 0.1) is 21.7 Å². The van der Waals surface area contributed by atoms with Gasteiger partial charge in [-0.05, 0) is 18.6 Å². The molecule has 0 radical (unpaired) electrons. The smallest absolute Gasteiger partial charge is 0.287 e. The molecule has 0 bridgehead atoms. The highest BCUT2D eigenvalue weighted by Crippen LogP contribution is 2.28. The van der Waals surface area contributed by atoms with Crippen LogP contribution in [-0.4, -0.2) is 41.0 Å². The topological polar surface area (TPSA) is 62.5 Å². The van der Waals surface area contributed by atoms with Gasteiger partial charge in [0.1, 0.15) is 23.6 Å². The molecule has 2 aromatic rings. The van der Waals surface area contributed by atoms with Gasteiger partial charge in [-0.2, -0.15) is 0 Å². The van der Waals surface area contributed by atoms with E-state index in [4.69, 9.17) is 0 Å². The van der Waals surface area contributed by atoms with Crippen molar-refractivity contribution in [3.8, 4) is 0 Å². The largest absolute Gasteiger partial charge is 0.354 e. The number of halogens is 2. The predicted molar refractivity (Wildman–Crippen MR) is 94.1 cm³/mol. The molecule has 0 amide bonds. The van der Waals surface area contributed by atoms with E-state index in [2.05, 4.69) is 9.88 Å². The second-order valence-corrected chi connectivity index (χ2v) is 6.24. The molecule has 8 heteroatoms. The van der Waals surface area contributed by atoms with Crippen molar-refractivity contribution in [1.29, 1.82) is 0 Å². The third kappa shape index (κ3) is 3.80. The van der Waals surface area contributed by atoms with Crippen LogP contribution in [0.2, 0.25) is 0 Å². The number of hydrogen-bond donors (Lipinski definition) is 0. The van der Waals surface area contributed by atoms with Crippen molar-refractivity contribution in [2.24, 2.45) is 0 Å². The van der Waals surface area contributed by atoms with Gasteiger partial charge in [-0.25, -0.2) is 13.8 Å². The van der Waals surface area contributed by atoms with E-state index >= 15 is 0 Å². The summed E-state index contributed by atoms with van der Waals surface area (Å²) >= 11 is 0. The fourth-order valence-corrected chi connectivity index (χ4v) is 3.38. The Bertz CT molecular complexity index is 777. The summed E-state index contributed by atoms with van der Waals surface area (Å²) in [6.45, 7) is 4.76. The van der Waals surface area contributed by atoms with Crippen molar-refractivity contribution in [3.05, 3.63) is 63.8 Å². The van der Waals surface area contributed by atoms with Gasteiger partial charge >= 0.3 is 0 Å². The molecule has 0 spiro atoms. The molecular weight excluding hydrogens is 342 g/mol. The fraction of sp³-hybridized carbons (Fsp3) is 0.389. The van der Waals surface area contributed by atoms with E-state index in [1.54, 1.807) is 6.07 Å². The Kier molecular flexibility index (Phi) is 5.41. The van der Waals surface area contributed by atoms with Gasteiger partial charge in [0, 0.05) is 49.9 Å². The summed E-state index contributed by atoms with van der Waals surface area (Å²) in [7, 11) is 0. The van der Waals surface area contributed by atoms with E-state index in [0.717, 1.165) is 12.5 Å². The summed E-state index contributed by atoms with van der Waals surface area (Å²) in [5.74, 6) is -0.400. The van der Waals surface area contributed by atoms with Gasteiger partial charge in [-0.15, -0.1) is 0 Å². The van der Waals surface area contributed by atoms with E-state index in [9.17, 15) is 18.9 Å². The summed E-state index contributed by atoms with van der Waals surface area (Å²) in [5, 5.41) is 10.7. The summed E-state index contributed by atoms with van der Waals surface area (Å²) < 4.78 is 27.3. The monoisotopic (exact) mass is 362 g/mol. The standard InChI is InChI=1S/C18H20F2N4O2/c1-2-17(15-5-3-13(19)11-16(15)20)22-7-9-23(10-8-22)18-6-4-14(12-21-18)24(25)26/h3-6,11-12,17H,2,7-10H2,1H3. The number of aromatic nitrogens is 1. The summed E-state index contributed by atoms with van der Waals surface area (Å²) in [5.41, 5.74) is 0.473. The maximum atomic E-state index is 14.1. The summed E-state index contributed by atoms with van der Waals surface area (Å²) in [6, 6.07) is 6.71. The number of nitrogens with zero attached hydrogens (tertiary/aromatic N) is 4. The van der Waals surface area contributed by atoms with E-state index in [-0.39, 0.29) is 11.7 Å². The van der Waals surface area contributed by atoms with Gasteiger partial charge in [-0.1, -0.05) is 13.0 Å². The number of anilines is 1. The van der Waals surface area contributed by atoms with E-state index in [0.29, 0.717) is 37.6 Å². The van der Waals surface area contributed by atoms with Crippen LogP contribution < -0.4 is 4.90 Å². The van der Waals surface area contributed by atoms with Gasteiger partial charge in [0.05, 0.1) is 4.92 Å². The molecule has 138 valence electrons. The zero-order chi connectivity index (χ0) is 18.7. The second kappa shape index (κ2) is 7.74. The van der Waals surface area contributed by atoms with Crippen LogP contribution in [0.5, 0.6) is 0 Å². The molecule has 3 rings (SSSR count). The van der Waals surface area contributed by atoms with E-state index in [1.807, 2.05) is 11.8 Å². The van der Waals surface area contributed by atoms with E-state index < -0.39 is 16.6 Å². The van der Waals surface area contributed by atoms with Crippen molar-refractivity contribution in [2.45, 2.75) is 19.4 Å². The third-order valence-corrected chi connectivity index (χ3v) is 4.73. The molecule has 1 fully saturated rings. The van der Waals surface area contributed by atoms with Crippen LogP contribution in [0.1, 0.15) is 24.9 Å². The Hall–Kier alpha value is -2.61. The van der Waals surface area contributed by atoms with Crippen LogP contribution in [0.4, 0.5) is 20.3 Å². The highest BCUT2D eigenvalue weighted by Gasteiger charge is 2.26. The van der Waals surface area contributed by atoms with Crippen molar-refractivity contribution in [3.63, 3.8) is 0 Å². The molecular formula is C18H20F2N4O2. The average Bonchev–Trinajstić information content (AvgIpc) is 2.64. The number of rotatable bonds is 5. The first-order valence-electron chi connectivity index (χ1n) is 8.54. The lowest BCUT2D eigenvalue weighted by atomic mass is 10.0. The first-order valence-corrected chi connectivity index (χ1v) is 8.54. The van der Waals surface area contributed by atoms with Crippen molar-refractivity contribution in [1.82, 2.24) is 9.88 Å². The molecule has 1 unspecified atom stereocenters. The van der Waals surface area contributed by atoms with Crippen LogP contribution >= 0.6 is 0 Å². The second-order valence-electron chi connectivity index (χ2n) is 6.24. The van der Waals surface area contributed by atoms with Gasteiger partial charge < -0.3 is 4.90 Å². The van der Waals surface area contributed by atoms with E-state index in [1.165, 1.54) is 24.4 Å². The van der Waals surface area contributed by atoms with Crippen molar-refractivity contribution in [2.75, 3.05) is 31.1 Å². The van der Waals surface area contributed by atoms with Crippen molar-refractivity contribution >= 4 is 11.5 Å². The Labute approximate surface area is 150 Å². The first kappa shape index (κ1) is 18.2. The number of hydrogen-bond acceptors (Lipinski definition) is 5. The van der Waals surface area contributed by atoms with Gasteiger partial charge in [0.25, 0.3) is 5.69 Å². The lowest BCUT2D eigenvalue weighted by molar-refractivity contribution is -0.385. The molecule has 26 heavy (non-hydrogen) atoms. The number of pyridine rings is 1. The molecule has 2 heterocycles. The van der Waals surface area contributed by atoms with Gasteiger partial charge in [0.2, 0.25) is 0 Å². The number of benzene rings is 1. The minimum atomic E-state index is -0.574. The van der Waals surface area contributed by atoms with Crippen LogP contribution in [0.3, 0.4) is 0 Å². The zero-order valence-electron chi connectivity index (χ0n) is 14.4. The van der Waals surface area contributed by atoms with Gasteiger partial charge in [0.15, 0.2) is 0 Å². The minimum Gasteiger partial charge on any atom is -0.354 e. The quantitative estimate of drug-likeness (QED) is 0.601. The molecule has 0 saturated carbocycles. The molecule has 1 aromatic carbocycles. The molecule has 6 nitrogen and oxygen atoms in total. The van der Waals surface area contributed by atoms with Gasteiger partial charge in [-0.3, -0.25) is 15.0 Å². The van der Waals surface area contributed by atoms with Crippen LogP contribution in [-0.2, 0) is 0 Å². The Balaban J connectivity index is 1.67. The minimum absolute atomic E-state index is 0.0368. The lowest BCUT2D eigenvalue weighted by Gasteiger charge is -2.39. The Morgan fingerprint density at radius 2 is 1.92 bits per heavy atom. The molecule has 1 aromatic heterocycles. The Morgan fingerprint density at radius 3 is 2.46 bits per heavy atom. The molecule has 1 aliphatic rings. The maximum absolute atomic E-state index is 14.1. The Morgan fingerprint density at radius 1 is 1.19 bits per heavy atom. The highest BCUT2D eigenvalue weighted by molar-refractivity contribution is 5.43. The van der Waals surface area contributed by atoms with Crippen LogP contribution in [0.15, 0.2) is 36.5 Å². The fourth-order valence-electron chi connectivity index (χ4n) is 3.38. The normalized spacial score (nSPS) is 16.5.